The Morgan fingerprint density at radius 3 is 2.65 bits per heavy atom. The van der Waals surface area contributed by atoms with Gasteiger partial charge in [0, 0.05) is 17.4 Å². The first-order valence-corrected chi connectivity index (χ1v) is 7.49. The van der Waals surface area contributed by atoms with Gasteiger partial charge in [-0.3, -0.25) is 4.79 Å². The first-order valence-electron chi connectivity index (χ1n) is 7.49. The third-order valence-corrected chi connectivity index (χ3v) is 4.71. The van der Waals surface area contributed by atoms with Gasteiger partial charge >= 0.3 is 5.97 Å². The third-order valence-electron chi connectivity index (χ3n) is 4.71. The van der Waals surface area contributed by atoms with Crippen LogP contribution in [0.4, 0.5) is 0 Å². The maximum atomic E-state index is 12.1. The zero-order chi connectivity index (χ0) is 14.8. The molecule has 1 saturated carbocycles. The molecular formula is C17H24O3. The molecule has 2 aliphatic carbocycles. The van der Waals surface area contributed by atoms with Gasteiger partial charge in [-0.25, -0.2) is 4.79 Å². The van der Waals surface area contributed by atoms with E-state index in [-0.39, 0.29) is 17.2 Å². The van der Waals surface area contributed by atoms with Gasteiger partial charge < -0.3 is 4.74 Å². The van der Waals surface area contributed by atoms with Crippen LogP contribution in [0.2, 0.25) is 0 Å². The lowest BCUT2D eigenvalue weighted by molar-refractivity contribution is -0.137. The highest BCUT2D eigenvalue weighted by molar-refractivity contribution is 5.97. The number of carbonyl (C=O) groups is 2. The molecule has 0 heterocycles. The van der Waals surface area contributed by atoms with E-state index in [1.54, 1.807) is 0 Å². The summed E-state index contributed by atoms with van der Waals surface area (Å²) in [6, 6.07) is 0. The molecule has 0 saturated heterocycles. The van der Waals surface area contributed by atoms with Crippen molar-refractivity contribution in [1.82, 2.24) is 0 Å². The van der Waals surface area contributed by atoms with Gasteiger partial charge in [0.05, 0.1) is 7.11 Å². The molecule has 0 unspecified atom stereocenters. The van der Waals surface area contributed by atoms with Crippen molar-refractivity contribution in [3.8, 4) is 0 Å². The lowest BCUT2D eigenvalue weighted by atomic mass is 9.69. The number of esters is 1. The van der Waals surface area contributed by atoms with Crippen molar-refractivity contribution in [2.24, 2.45) is 5.41 Å². The number of carbonyl (C=O) groups excluding carboxylic acids is 2. The Kier molecular flexibility index (Phi) is 4.46. The fraction of sp³-hybridized carbons (Fsp3) is 0.647. The molecule has 1 fully saturated rings. The number of allylic oxidation sites excluding steroid dienone is 3. The Hall–Kier alpha value is -1.38. The lowest BCUT2D eigenvalue weighted by Crippen LogP contribution is -2.29. The molecule has 110 valence electrons. The van der Waals surface area contributed by atoms with Crippen LogP contribution in [0.25, 0.3) is 0 Å². The van der Waals surface area contributed by atoms with Gasteiger partial charge in [0.25, 0.3) is 0 Å². The Bertz CT molecular complexity index is 484. The average Bonchev–Trinajstić information content (AvgIpc) is 2.81. The summed E-state index contributed by atoms with van der Waals surface area (Å²) in [6.07, 6.45) is 8.42. The van der Waals surface area contributed by atoms with Crippen LogP contribution in [0.5, 0.6) is 0 Å². The highest BCUT2D eigenvalue weighted by Gasteiger charge is 2.37. The van der Waals surface area contributed by atoms with Crippen LogP contribution in [0, 0.1) is 5.41 Å². The summed E-state index contributed by atoms with van der Waals surface area (Å²) in [5.74, 6) is 0.0746. The second kappa shape index (κ2) is 5.94. The van der Waals surface area contributed by atoms with E-state index in [1.807, 2.05) is 6.92 Å². The van der Waals surface area contributed by atoms with Crippen LogP contribution in [-0.4, -0.2) is 18.9 Å². The number of hydrogen-bond donors (Lipinski definition) is 0. The first kappa shape index (κ1) is 15.0. The molecule has 0 bridgehead atoms. The molecule has 0 N–H and O–H groups in total. The van der Waals surface area contributed by atoms with Crippen molar-refractivity contribution in [2.75, 3.05) is 7.11 Å². The van der Waals surface area contributed by atoms with Crippen LogP contribution in [0.15, 0.2) is 22.8 Å². The van der Waals surface area contributed by atoms with Crippen molar-refractivity contribution in [1.29, 1.82) is 0 Å². The summed E-state index contributed by atoms with van der Waals surface area (Å²) in [7, 11) is 1.44. The molecule has 2 rings (SSSR count). The topological polar surface area (TPSA) is 43.4 Å². The molecular weight excluding hydrogens is 252 g/mol. The number of hydrogen-bond acceptors (Lipinski definition) is 3. The van der Waals surface area contributed by atoms with E-state index in [1.165, 1.54) is 7.11 Å². The SMILES string of the molecule is COC(=O)C1=C(C)CCC[C@@]1(C)C/C=C1\CCCC1=O. The second-order valence-corrected chi connectivity index (χ2v) is 6.27. The molecule has 3 nitrogen and oxygen atoms in total. The molecule has 1 atom stereocenters. The largest absolute Gasteiger partial charge is 0.466 e. The number of ketones is 1. The summed E-state index contributed by atoms with van der Waals surface area (Å²) in [4.78, 5) is 23.8. The normalized spacial score (nSPS) is 29.1. The predicted octanol–water partition coefficient (Wildman–Crippen LogP) is 3.74. The predicted molar refractivity (Wildman–Crippen MR) is 78.2 cm³/mol. The quantitative estimate of drug-likeness (QED) is 0.582. The zero-order valence-corrected chi connectivity index (χ0v) is 12.8. The standard InChI is InChI=1S/C17H24O3/c1-12-6-5-10-17(2,15(12)16(19)20-3)11-9-13-7-4-8-14(13)18/h9H,4-8,10-11H2,1-3H3/b13-9+/t17-/m0/s1. The summed E-state index contributed by atoms with van der Waals surface area (Å²) in [5, 5.41) is 0. The maximum Gasteiger partial charge on any atom is 0.334 e. The van der Waals surface area contributed by atoms with E-state index in [0.717, 1.165) is 55.2 Å². The van der Waals surface area contributed by atoms with E-state index in [2.05, 4.69) is 13.0 Å². The van der Waals surface area contributed by atoms with E-state index in [0.29, 0.717) is 6.42 Å². The lowest BCUT2D eigenvalue weighted by Gasteiger charge is -2.35. The van der Waals surface area contributed by atoms with E-state index in [9.17, 15) is 9.59 Å². The van der Waals surface area contributed by atoms with Gasteiger partial charge in [0.1, 0.15) is 0 Å². The molecule has 0 spiro atoms. The molecule has 0 aliphatic heterocycles. The fourth-order valence-electron chi connectivity index (χ4n) is 3.54. The molecule has 0 aromatic carbocycles. The van der Waals surface area contributed by atoms with Gasteiger partial charge in [0.2, 0.25) is 0 Å². The molecule has 0 radical (unpaired) electrons. The van der Waals surface area contributed by atoms with Crippen LogP contribution >= 0.6 is 0 Å². The number of methoxy groups -OCH3 is 1. The van der Waals surface area contributed by atoms with E-state index in [4.69, 9.17) is 4.74 Å². The number of rotatable bonds is 3. The number of ether oxygens (including phenoxy) is 1. The van der Waals surface area contributed by atoms with Crippen LogP contribution in [-0.2, 0) is 14.3 Å². The van der Waals surface area contributed by atoms with Gasteiger partial charge in [-0.15, -0.1) is 0 Å². The fourth-order valence-corrected chi connectivity index (χ4v) is 3.54. The van der Waals surface area contributed by atoms with Crippen LogP contribution in [0.1, 0.15) is 58.8 Å². The average molecular weight is 276 g/mol. The Labute approximate surface area is 121 Å². The van der Waals surface area contributed by atoms with Crippen LogP contribution in [0.3, 0.4) is 0 Å². The molecule has 20 heavy (non-hydrogen) atoms. The minimum absolute atomic E-state index is 0.189. The van der Waals surface area contributed by atoms with E-state index < -0.39 is 0 Å². The molecule has 2 aliphatic rings. The second-order valence-electron chi connectivity index (χ2n) is 6.27. The van der Waals surface area contributed by atoms with Gasteiger partial charge in [0.15, 0.2) is 5.78 Å². The van der Waals surface area contributed by atoms with Crippen molar-refractivity contribution in [3.63, 3.8) is 0 Å². The Balaban J connectivity index is 2.25. The first-order chi connectivity index (χ1) is 9.48. The van der Waals surface area contributed by atoms with Crippen molar-refractivity contribution < 1.29 is 14.3 Å². The number of Topliss-reactive ketones (excluding diaryl/α,β-unsaturated/α-hetero) is 1. The summed E-state index contributed by atoms with van der Waals surface area (Å²) >= 11 is 0. The van der Waals surface area contributed by atoms with Gasteiger partial charge in [-0.05, 0) is 51.0 Å². The zero-order valence-electron chi connectivity index (χ0n) is 12.8. The smallest absolute Gasteiger partial charge is 0.334 e. The molecule has 0 aromatic heterocycles. The molecule has 3 heteroatoms. The monoisotopic (exact) mass is 276 g/mol. The molecule has 0 amide bonds. The van der Waals surface area contributed by atoms with Gasteiger partial charge in [-0.1, -0.05) is 18.6 Å². The maximum absolute atomic E-state index is 12.1. The summed E-state index contributed by atoms with van der Waals surface area (Å²) in [6.45, 7) is 4.15. The van der Waals surface area contributed by atoms with Crippen LogP contribution < -0.4 is 0 Å². The third kappa shape index (κ3) is 2.87. The minimum atomic E-state index is -0.208. The molecule has 0 aromatic rings. The van der Waals surface area contributed by atoms with Crippen molar-refractivity contribution in [3.05, 3.63) is 22.8 Å². The highest BCUT2D eigenvalue weighted by Crippen LogP contribution is 2.44. The Morgan fingerprint density at radius 2 is 2.05 bits per heavy atom. The summed E-state index contributed by atoms with van der Waals surface area (Å²) < 4.78 is 4.96. The van der Waals surface area contributed by atoms with E-state index >= 15 is 0 Å². The Morgan fingerprint density at radius 1 is 1.30 bits per heavy atom. The van der Waals surface area contributed by atoms with Crippen molar-refractivity contribution in [2.45, 2.75) is 58.8 Å². The van der Waals surface area contributed by atoms with Crippen molar-refractivity contribution >= 4 is 11.8 Å². The van der Waals surface area contributed by atoms with Gasteiger partial charge in [-0.2, -0.15) is 0 Å². The minimum Gasteiger partial charge on any atom is -0.466 e. The highest BCUT2D eigenvalue weighted by atomic mass is 16.5. The summed E-state index contributed by atoms with van der Waals surface area (Å²) in [5.41, 5.74) is 2.74.